The molecular formula is C16H22ClNO2. The van der Waals surface area contributed by atoms with Gasteiger partial charge in [-0.3, -0.25) is 0 Å². The van der Waals surface area contributed by atoms with E-state index < -0.39 is 0 Å². The molecule has 1 aromatic carbocycles. The molecule has 0 aliphatic heterocycles. The van der Waals surface area contributed by atoms with E-state index >= 15 is 0 Å². The van der Waals surface area contributed by atoms with Crippen LogP contribution in [0.2, 0.25) is 5.02 Å². The first-order valence-corrected chi connectivity index (χ1v) is 7.46. The highest BCUT2D eigenvalue weighted by atomic mass is 35.5. The minimum absolute atomic E-state index is 0.647. The quantitative estimate of drug-likeness (QED) is 0.553. The molecule has 1 fully saturated rings. The van der Waals surface area contributed by atoms with E-state index in [1.807, 2.05) is 12.1 Å². The SMILES string of the molecule is C=CCCCOc1c(CNC2CC2)cc(Cl)cc1OC. The maximum absolute atomic E-state index is 6.14. The van der Waals surface area contributed by atoms with Crippen LogP contribution in [-0.4, -0.2) is 19.8 Å². The van der Waals surface area contributed by atoms with Crippen LogP contribution in [0.5, 0.6) is 11.5 Å². The summed E-state index contributed by atoms with van der Waals surface area (Å²) in [4.78, 5) is 0. The Kier molecular flexibility index (Phi) is 5.74. The fraction of sp³-hybridized carbons (Fsp3) is 0.500. The van der Waals surface area contributed by atoms with E-state index in [9.17, 15) is 0 Å². The summed E-state index contributed by atoms with van der Waals surface area (Å²) in [5.74, 6) is 1.50. The molecule has 0 bridgehead atoms. The van der Waals surface area contributed by atoms with Gasteiger partial charge in [0.05, 0.1) is 13.7 Å². The molecule has 0 atom stereocenters. The van der Waals surface area contributed by atoms with Gasteiger partial charge < -0.3 is 14.8 Å². The summed E-state index contributed by atoms with van der Waals surface area (Å²) in [5.41, 5.74) is 1.06. The lowest BCUT2D eigenvalue weighted by atomic mass is 10.1. The molecule has 110 valence electrons. The number of allylic oxidation sites excluding steroid dienone is 1. The second-order valence-electron chi connectivity index (χ2n) is 5.03. The average molecular weight is 296 g/mol. The lowest BCUT2D eigenvalue weighted by molar-refractivity contribution is 0.286. The Labute approximate surface area is 125 Å². The minimum Gasteiger partial charge on any atom is -0.493 e. The van der Waals surface area contributed by atoms with Crippen molar-refractivity contribution in [2.24, 2.45) is 0 Å². The van der Waals surface area contributed by atoms with Gasteiger partial charge >= 0.3 is 0 Å². The third-order valence-electron chi connectivity index (χ3n) is 3.27. The largest absolute Gasteiger partial charge is 0.493 e. The van der Waals surface area contributed by atoms with Crippen molar-refractivity contribution in [2.75, 3.05) is 13.7 Å². The second kappa shape index (κ2) is 7.55. The van der Waals surface area contributed by atoms with Gasteiger partial charge in [0, 0.05) is 29.2 Å². The highest BCUT2D eigenvalue weighted by Gasteiger charge is 2.21. The van der Waals surface area contributed by atoms with Crippen LogP contribution in [0.15, 0.2) is 24.8 Å². The lowest BCUT2D eigenvalue weighted by Gasteiger charge is -2.16. The summed E-state index contributed by atoms with van der Waals surface area (Å²) in [6.07, 6.45) is 6.31. The normalized spacial score (nSPS) is 14.1. The summed E-state index contributed by atoms with van der Waals surface area (Å²) < 4.78 is 11.3. The first kappa shape index (κ1) is 15.2. The number of benzene rings is 1. The summed E-state index contributed by atoms with van der Waals surface area (Å²) in [5, 5.41) is 4.16. The smallest absolute Gasteiger partial charge is 0.165 e. The van der Waals surface area contributed by atoms with Crippen molar-refractivity contribution in [3.8, 4) is 11.5 Å². The van der Waals surface area contributed by atoms with Gasteiger partial charge in [0.15, 0.2) is 11.5 Å². The van der Waals surface area contributed by atoms with Crippen LogP contribution in [0.25, 0.3) is 0 Å². The highest BCUT2D eigenvalue weighted by molar-refractivity contribution is 6.30. The van der Waals surface area contributed by atoms with Crippen molar-refractivity contribution in [1.29, 1.82) is 0 Å². The molecule has 0 amide bonds. The van der Waals surface area contributed by atoms with Gasteiger partial charge in [0.1, 0.15) is 0 Å². The van der Waals surface area contributed by atoms with Crippen molar-refractivity contribution >= 4 is 11.6 Å². The first-order valence-electron chi connectivity index (χ1n) is 7.08. The van der Waals surface area contributed by atoms with E-state index in [1.54, 1.807) is 13.2 Å². The Balaban J connectivity index is 2.07. The van der Waals surface area contributed by atoms with Crippen LogP contribution >= 0.6 is 11.6 Å². The van der Waals surface area contributed by atoms with Gasteiger partial charge in [-0.15, -0.1) is 6.58 Å². The second-order valence-corrected chi connectivity index (χ2v) is 5.47. The van der Waals surface area contributed by atoms with Crippen LogP contribution in [0, 0.1) is 0 Å². The monoisotopic (exact) mass is 295 g/mol. The van der Waals surface area contributed by atoms with E-state index in [4.69, 9.17) is 21.1 Å². The van der Waals surface area contributed by atoms with Crippen LogP contribution in [0.4, 0.5) is 0 Å². The molecule has 20 heavy (non-hydrogen) atoms. The fourth-order valence-corrected chi connectivity index (χ4v) is 2.24. The number of hydrogen-bond acceptors (Lipinski definition) is 3. The molecule has 2 rings (SSSR count). The van der Waals surface area contributed by atoms with E-state index in [1.165, 1.54) is 12.8 Å². The fourth-order valence-electron chi connectivity index (χ4n) is 2.01. The molecule has 0 heterocycles. The Bertz CT molecular complexity index is 458. The molecule has 0 saturated heterocycles. The lowest BCUT2D eigenvalue weighted by Crippen LogP contribution is -2.16. The number of ether oxygens (including phenoxy) is 2. The van der Waals surface area contributed by atoms with Crippen LogP contribution in [0.1, 0.15) is 31.2 Å². The van der Waals surface area contributed by atoms with Crippen molar-refractivity contribution in [3.63, 3.8) is 0 Å². The van der Waals surface area contributed by atoms with Crippen LogP contribution in [-0.2, 0) is 6.54 Å². The van der Waals surface area contributed by atoms with Gasteiger partial charge in [-0.05, 0) is 31.7 Å². The average Bonchev–Trinajstić information content (AvgIpc) is 3.26. The zero-order chi connectivity index (χ0) is 14.4. The van der Waals surface area contributed by atoms with Crippen molar-refractivity contribution in [2.45, 2.75) is 38.3 Å². The van der Waals surface area contributed by atoms with Crippen LogP contribution in [0.3, 0.4) is 0 Å². The molecule has 0 radical (unpaired) electrons. The van der Waals surface area contributed by atoms with Gasteiger partial charge in [-0.25, -0.2) is 0 Å². The highest BCUT2D eigenvalue weighted by Crippen LogP contribution is 2.35. The zero-order valence-corrected chi connectivity index (χ0v) is 12.7. The zero-order valence-electron chi connectivity index (χ0n) is 12.0. The third kappa shape index (κ3) is 4.43. The molecular weight excluding hydrogens is 274 g/mol. The van der Waals surface area contributed by atoms with Crippen molar-refractivity contribution in [1.82, 2.24) is 5.32 Å². The Morgan fingerprint density at radius 3 is 2.90 bits per heavy atom. The summed E-state index contributed by atoms with van der Waals surface area (Å²) in [6.45, 7) is 5.13. The number of methoxy groups -OCH3 is 1. The van der Waals surface area contributed by atoms with Crippen molar-refractivity contribution in [3.05, 3.63) is 35.4 Å². The first-order chi connectivity index (χ1) is 9.74. The minimum atomic E-state index is 0.647. The molecule has 3 nitrogen and oxygen atoms in total. The number of halogens is 1. The van der Waals surface area contributed by atoms with Crippen molar-refractivity contribution < 1.29 is 9.47 Å². The van der Waals surface area contributed by atoms with E-state index in [2.05, 4.69) is 11.9 Å². The van der Waals surface area contributed by atoms with Gasteiger partial charge in [-0.2, -0.15) is 0 Å². The van der Waals surface area contributed by atoms with Gasteiger partial charge in [-0.1, -0.05) is 17.7 Å². The molecule has 0 aromatic heterocycles. The summed E-state index contributed by atoms with van der Waals surface area (Å²) in [7, 11) is 1.64. The van der Waals surface area contributed by atoms with Crippen LogP contribution < -0.4 is 14.8 Å². The van der Waals surface area contributed by atoms with E-state index in [-0.39, 0.29) is 0 Å². The number of rotatable bonds is 9. The van der Waals surface area contributed by atoms with Gasteiger partial charge in [0.25, 0.3) is 0 Å². The molecule has 1 aliphatic rings. The molecule has 1 N–H and O–H groups in total. The Hall–Kier alpha value is -1.19. The predicted octanol–water partition coefficient (Wildman–Crippen LogP) is 3.95. The standard InChI is InChI=1S/C16H22ClNO2/c1-3-4-5-8-20-16-12(11-18-14-6-7-14)9-13(17)10-15(16)19-2/h3,9-10,14,18H,1,4-8,11H2,2H3. The third-order valence-corrected chi connectivity index (χ3v) is 3.49. The molecule has 1 aliphatic carbocycles. The number of unbranched alkanes of at least 4 members (excludes halogenated alkanes) is 1. The number of hydrogen-bond donors (Lipinski definition) is 1. The summed E-state index contributed by atoms with van der Waals surface area (Å²) in [6, 6.07) is 4.39. The number of nitrogens with one attached hydrogen (secondary N) is 1. The maximum atomic E-state index is 6.14. The maximum Gasteiger partial charge on any atom is 0.165 e. The van der Waals surface area contributed by atoms with E-state index in [0.717, 1.165) is 30.7 Å². The molecule has 0 unspecified atom stereocenters. The Morgan fingerprint density at radius 2 is 2.25 bits per heavy atom. The Morgan fingerprint density at radius 1 is 1.45 bits per heavy atom. The topological polar surface area (TPSA) is 30.5 Å². The molecule has 1 saturated carbocycles. The van der Waals surface area contributed by atoms with Gasteiger partial charge in [0.2, 0.25) is 0 Å². The summed E-state index contributed by atoms with van der Waals surface area (Å²) >= 11 is 6.14. The predicted molar refractivity (Wildman–Crippen MR) is 82.8 cm³/mol. The van der Waals surface area contributed by atoms with E-state index in [0.29, 0.717) is 23.4 Å². The molecule has 0 spiro atoms. The molecule has 4 heteroatoms. The molecule has 1 aromatic rings.